The number of methoxy groups -OCH3 is 1. The Morgan fingerprint density at radius 2 is 1.82 bits per heavy atom. The third-order valence-electron chi connectivity index (χ3n) is 5.69. The monoisotopic (exact) mass is 464 g/mol. The van der Waals surface area contributed by atoms with Gasteiger partial charge >= 0.3 is 0 Å². The largest absolute Gasteiger partial charge is 0.497 e. The average molecular weight is 465 g/mol. The maximum absolute atomic E-state index is 12.7. The van der Waals surface area contributed by atoms with E-state index in [1.54, 1.807) is 31.3 Å². The topological polar surface area (TPSA) is 76.6 Å². The van der Waals surface area contributed by atoms with Crippen LogP contribution in [0.5, 0.6) is 17.4 Å². The van der Waals surface area contributed by atoms with Crippen molar-refractivity contribution >= 4 is 23.5 Å². The van der Waals surface area contributed by atoms with E-state index in [0.717, 1.165) is 18.4 Å². The lowest BCUT2D eigenvalue weighted by Gasteiger charge is -2.32. The predicted molar refractivity (Wildman–Crippen MR) is 130 cm³/mol. The van der Waals surface area contributed by atoms with Crippen molar-refractivity contribution in [1.82, 2.24) is 15.3 Å². The number of carbonyl (C=O) groups is 1. The van der Waals surface area contributed by atoms with Crippen LogP contribution in [0.1, 0.15) is 18.4 Å². The molecule has 2 heterocycles. The van der Waals surface area contributed by atoms with Gasteiger partial charge < -0.3 is 19.7 Å². The van der Waals surface area contributed by atoms with Crippen LogP contribution < -0.4 is 19.7 Å². The molecule has 1 N–H and O–H groups in total. The molecule has 0 saturated carbocycles. The number of amides is 1. The van der Waals surface area contributed by atoms with E-state index in [1.807, 2.05) is 24.3 Å². The molecule has 0 atom stereocenters. The lowest BCUT2D eigenvalue weighted by Crippen LogP contribution is -2.40. The highest BCUT2D eigenvalue weighted by Gasteiger charge is 2.27. The van der Waals surface area contributed by atoms with Crippen molar-refractivity contribution in [2.75, 3.05) is 31.4 Å². The van der Waals surface area contributed by atoms with Crippen LogP contribution in [0.15, 0.2) is 65.8 Å². The zero-order valence-corrected chi connectivity index (χ0v) is 19.7. The molecular formula is C25H28N4O3S. The Bertz CT molecular complexity index is 1070. The van der Waals surface area contributed by atoms with Gasteiger partial charge in [-0.15, -0.1) is 11.8 Å². The first kappa shape index (κ1) is 22.9. The fraction of sp³-hybridized carbons (Fsp3) is 0.320. The van der Waals surface area contributed by atoms with Crippen LogP contribution in [0.4, 0.5) is 5.82 Å². The number of nitrogens with zero attached hydrogens (tertiary/aromatic N) is 3. The molecule has 0 spiro atoms. The fourth-order valence-corrected chi connectivity index (χ4v) is 4.22. The van der Waals surface area contributed by atoms with E-state index in [9.17, 15) is 4.79 Å². The number of nitrogens with one attached hydrogen (secondary N) is 1. The van der Waals surface area contributed by atoms with Crippen LogP contribution in [0.3, 0.4) is 0 Å². The van der Waals surface area contributed by atoms with E-state index in [2.05, 4.69) is 50.7 Å². The van der Waals surface area contributed by atoms with Crippen molar-refractivity contribution in [1.29, 1.82) is 0 Å². The van der Waals surface area contributed by atoms with E-state index >= 15 is 0 Å². The maximum Gasteiger partial charge on any atom is 0.263 e. The molecule has 0 bridgehead atoms. The number of ether oxygens (including phenoxy) is 2. The molecule has 8 heteroatoms. The number of rotatable bonds is 8. The predicted octanol–water partition coefficient (Wildman–Crippen LogP) is 4.53. The molecule has 172 valence electrons. The molecule has 4 rings (SSSR count). The Balaban J connectivity index is 1.33. The maximum atomic E-state index is 12.7. The third kappa shape index (κ3) is 5.96. The van der Waals surface area contributed by atoms with Gasteiger partial charge in [-0.2, -0.15) is 0 Å². The van der Waals surface area contributed by atoms with Gasteiger partial charge in [0.1, 0.15) is 11.5 Å². The van der Waals surface area contributed by atoms with Crippen molar-refractivity contribution in [3.05, 3.63) is 66.5 Å². The molecule has 1 fully saturated rings. The van der Waals surface area contributed by atoms with Gasteiger partial charge in [-0.1, -0.05) is 18.2 Å². The summed E-state index contributed by atoms with van der Waals surface area (Å²) >= 11 is 1.71. The highest BCUT2D eigenvalue weighted by molar-refractivity contribution is 7.98. The molecule has 0 radical (unpaired) electrons. The Labute approximate surface area is 198 Å². The Morgan fingerprint density at radius 1 is 1.09 bits per heavy atom. The standard InChI is InChI=1S/C25H28N4O3S/c1-31-20-4-3-5-21(16-20)32-25-23(26-12-13-27-25)29-14-10-19(11-15-29)24(30)28-17-18-6-8-22(33-2)9-7-18/h3-9,12-13,16,19H,10-11,14-15,17H2,1-2H3,(H,28,30). The van der Waals surface area contributed by atoms with Gasteiger partial charge in [-0.05, 0) is 48.9 Å². The van der Waals surface area contributed by atoms with E-state index in [0.29, 0.717) is 42.8 Å². The van der Waals surface area contributed by atoms with Crippen LogP contribution >= 0.6 is 11.8 Å². The van der Waals surface area contributed by atoms with Crippen molar-refractivity contribution in [3.63, 3.8) is 0 Å². The zero-order chi connectivity index (χ0) is 23.0. The third-order valence-corrected chi connectivity index (χ3v) is 6.44. The summed E-state index contributed by atoms with van der Waals surface area (Å²) in [5, 5.41) is 3.09. The zero-order valence-electron chi connectivity index (χ0n) is 18.9. The Kier molecular flexibility index (Phi) is 7.67. The Hall–Kier alpha value is -3.26. The first-order chi connectivity index (χ1) is 16.2. The highest BCUT2D eigenvalue weighted by Crippen LogP contribution is 2.32. The minimum Gasteiger partial charge on any atom is -0.497 e. The molecule has 1 aliphatic rings. The SMILES string of the molecule is COc1cccc(Oc2nccnc2N2CCC(C(=O)NCc3ccc(SC)cc3)CC2)c1. The van der Waals surface area contributed by atoms with Crippen LogP contribution in [0.25, 0.3) is 0 Å². The quantitative estimate of drug-likeness (QED) is 0.491. The summed E-state index contributed by atoms with van der Waals surface area (Å²) in [6.07, 6.45) is 6.84. The van der Waals surface area contributed by atoms with Crippen molar-refractivity contribution in [2.24, 2.45) is 5.92 Å². The number of hydrogen-bond donors (Lipinski definition) is 1. The molecule has 0 aliphatic carbocycles. The summed E-state index contributed by atoms with van der Waals surface area (Å²) in [5.74, 6) is 2.58. The summed E-state index contributed by atoms with van der Waals surface area (Å²) in [7, 11) is 1.62. The Morgan fingerprint density at radius 3 is 2.55 bits per heavy atom. The normalized spacial score (nSPS) is 14.1. The minimum absolute atomic E-state index is 0.00820. The molecule has 1 aliphatic heterocycles. The van der Waals surface area contributed by atoms with E-state index in [-0.39, 0.29) is 11.8 Å². The number of hydrogen-bond acceptors (Lipinski definition) is 7. The first-order valence-electron chi connectivity index (χ1n) is 10.9. The van der Waals surface area contributed by atoms with E-state index in [1.165, 1.54) is 4.90 Å². The van der Waals surface area contributed by atoms with Crippen molar-refractivity contribution < 1.29 is 14.3 Å². The summed E-state index contributed by atoms with van der Waals surface area (Å²) in [6.45, 7) is 1.98. The molecule has 1 saturated heterocycles. The summed E-state index contributed by atoms with van der Waals surface area (Å²) in [4.78, 5) is 25.0. The highest BCUT2D eigenvalue weighted by atomic mass is 32.2. The summed E-state index contributed by atoms with van der Waals surface area (Å²) in [5.41, 5.74) is 1.11. The van der Waals surface area contributed by atoms with Crippen LogP contribution in [-0.2, 0) is 11.3 Å². The molecule has 7 nitrogen and oxygen atoms in total. The second kappa shape index (κ2) is 11.0. The number of benzene rings is 2. The van der Waals surface area contributed by atoms with Crippen LogP contribution in [0, 0.1) is 5.92 Å². The van der Waals surface area contributed by atoms with E-state index in [4.69, 9.17) is 9.47 Å². The molecule has 1 amide bonds. The van der Waals surface area contributed by atoms with Crippen molar-refractivity contribution in [3.8, 4) is 17.4 Å². The van der Waals surface area contributed by atoms with Gasteiger partial charge in [0.25, 0.3) is 5.88 Å². The second-order valence-corrected chi connectivity index (χ2v) is 8.67. The van der Waals surface area contributed by atoms with Gasteiger partial charge in [-0.3, -0.25) is 4.79 Å². The number of carbonyl (C=O) groups excluding carboxylic acids is 1. The summed E-state index contributed by atoms with van der Waals surface area (Å²) in [6, 6.07) is 15.7. The number of piperidine rings is 1. The van der Waals surface area contributed by atoms with Crippen molar-refractivity contribution in [2.45, 2.75) is 24.3 Å². The summed E-state index contributed by atoms with van der Waals surface area (Å²) < 4.78 is 11.3. The fourth-order valence-electron chi connectivity index (χ4n) is 3.81. The molecule has 3 aromatic rings. The van der Waals surface area contributed by atoms with Crippen LogP contribution in [-0.4, -0.2) is 42.3 Å². The van der Waals surface area contributed by atoms with Gasteiger partial charge in [0.2, 0.25) is 5.91 Å². The molecule has 0 unspecified atom stereocenters. The van der Waals surface area contributed by atoms with Crippen LogP contribution in [0.2, 0.25) is 0 Å². The smallest absolute Gasteiger partial charge is 0.263 e. The number of anilines is 1. The van der Waals surface area contributed by atoms with Gasteiger partial charge in [0.05, 0.1) is 7.11 Å². The van der Waals surface area contributed by atoms with Gasteiger partial charge in [0, 0.05) is 48.9 Å². The van der Waals surface area contributed by atoms with E-state index < -0.39 is 0 Å². The molecule has 2 aromatic carbocycles. The van der Waals surface area contributed by atoms with Gasteiger partial charge in [-0.25, -0.2) is 9.97 Å². The molecule has 33 heavy (non-hydrogen) atoms. The number of aromatic nitrogens is 2. The molecular weight excluding hydrogens is 436 g/mol. The first-order valence-corrected chi connectivity index (χ1v) is 12.2. The lowest BCUT2D eigenvalue weighted by molar-refractivity contribution is -0.125. The second-order valence-electron chi connectivity index (χ2n) is 7.79. The van der Waals surface area contributed by atoms with Gasteiger partial charge in [0.15, 0.2) is 5.82 Å². The lowest BCUT2D eigenvalue weighted by atomic mass is 9.96. The number of thioether (sulfide) groups is 1. The average Bonchev–Trinajstić information content (AvgIpc) is 2.88. The minimum atomic E-state index is -0.00820. The molecule has 1 aromatic heterocycles.